The molecule has 0 heterocycles. The summed E-state index contributed by atoms with van der Waals surface area (Å²) >= 11 is 0. The van der Waals surface area contributed by atoms with Crippen molar-refractivity contribution in [1.29, 1.82) is 0 Å². The summed E-state index contributed by atoms with van der Waals surface area (Å²) in [6.07, 6.45) is 1.16. The van der Waals surface area contributed by atoms with E-state index in [2.05, 4.69) is 5.32 Å². The third-order valence-electron chi connectivity index (χ3n) is 5.26. The fraction of sp³-hybridized carbons (Fsp3) is 0.115. The lowest BCUT2D eigenvalue weighted by molar-refractivity contribution is 0.0943. The number of hydrogen-bond acceptors (Lipinski definition) is 4. The first kappa shape index (κ1) is 21.6. The number of phenolic OH excluding ortho intramolecular Hbond substituents is 1. The number of rotatable bonds is 6. The lowest BCUT2D eigenvalue weighted by atomic mass is 9.92. The number of carbonyl (C=O) groups is 1. The lowest BCUT2D eigenvalue weighted by Crippen LogP contribution is -2.29. The van der Waals surface area contributed by atoms with Crippen molar-refractivity contribution in [2.75, 3.05) is 6.26 Å². The monoisotopic (exact) mass is 445 g/mol. The fourth-order valence-corrected chi connectivity index (χ4v) is 4.66. The standard InChI is InChI=1S/C26H23NO4S/c1-32(30,31)17-18-8-7-12-21(16-18)26(29)27-25(20-10-3-2-4-11-20)24-22-13-6-5-9-19(22)14-15-23(24)28/h2-16,25,28H,17H2,1H3,(H,27,29). The first-order valence-corrected chi connectivity index (χ1v) is 12.2. The smallest absolute Gasteiger partial charge is 0.252 e. The number of nitrogens with one attached hydrogen (secondary N) is 1. The number of benzene rings is 4. The normalized spacial score (nSPS) is 12.4. The Hall–Kier alpha value is -3.64. The molecule has 1 amide bonds. The molecule has 0 spiro atoms. The van der Waals surface area contributed by atoms with Crippen LogP contribution in [0.3, 0.4) is 0 Å². The molecule has 1 atom stereocenters. The molecule has 0 fully saturated rings. The number of phenols is 1. The maximum atomic E-state index is 13.2. The van der Waals surface area contributed by atoms with E-state index >= 15 is 0 Å². The highest BCUT2D eigenvalue weighted by atomic mass is 32.2. The van der Waals surface area contributed by atoms with Crippen molar-refractivity contribution < 1.29 is 18.3 Å². The van der Waals surface area contributed by atoms with Crippen LogP contribution in [-0.4, -0.2) is 25.7 Å². The maximum absolute atomic E-state index is 13.2. The first-order valence-electron chi connectivity index (χ1n) is 10.1. The Morgan fingerprint density at radius 3 is 2.38 bits per heavy atom. The molecular weight excluding hydrogens is 422 g/mol. The summed E-state index contributed by atoms with van der Waals surface area (Å²) in [5, 5.41) is 15.6. The van der Waals surface area contributed by atoms with Crippen LogP contribution in [0.5, 0.6) is 5.75 Å². The number of aromatic hydroxyl groups is 1. The topological polar surface area (TPSA) is 83.5 Å². The van der Waals surface area contributed by atoms with E-state index in [-0.39, 0.29) is 17.4 Å². The van der Waals surface area contributed by atoms with E-state index in [1.165, 1.54) is 0 Å². The van der Waals surface area contributed by atoms with E-state index in [9.17, 15) is 18.3 Å². The Kier molecular flexibility index (Phi) is 5.97. The van der Waals surface area contributed by atoms with Gasteiger partial charge in [-0.2, -0.15) is 0 Å². The molecule has 0 radical (unpaired) electrons. The summed E-state index contributed by atoms with van der Waals surface area (Å²) in [5.41, 5.74) is 2.32. The largest absolute Gasteiger partial charge is 0.508 e. The van der Waals surface area contributed by atoms with E-state index < -0.39 is 15.9 Å². The van der Waals surface area contributed by atoms with Gasteiger partial charge in [-0.25, -0.2) is 8.42 Å². The average Bonchev–Trinajstić information content (AvgIpc) is 2.77. The molecule has 4 aromatic rings. The highest BCUT2D eigenvalue weighted by Crippen LogP contribution is 2.36. The van der Waals surface area contributed by atoms with Crippen LogP contribution in [0.25, 0.3) is 10.8 Å². The Balaban J connectivity index is 1.77. The molecule has 0 saturated carbocycles. The molecule has 4 aromatic carbocycles. The second-order valence-electron chi connectivity index (χ2n) is 7.81. The molecule has 4 rings (SSSR count). The minimum absolute atomic E-state index is 0.0867. The van der Waals surface area contributed by atoms with Gasteiger partial charge in [-0.05, 0) is 40.1 Å². The third-order valence-corrected chi connectivity index (χ3v) is 6.12. The van der Waals surface area contributed by atoms with Gasteiger partial charge in [0.05, 0.1) is 11.8 Å². The summed E-state index contributed by atoms with van der Waals surface area (Å²) in [7, 11) is -3.22. The van der Waals surface area contributed by atoms with E-state index in [0.29, 0.717) is 16.7 Å². The minimum Gasteiger partial charge on any atom is -0.508 e. The van der Waals surface area contributed by atoms with Gasteiger partial charge in [-0.3, -0.25) is 4.79 Å². The van der Waals surface area contributed by atoms with Crippen LogP contribution >= 0.6 is 0 Å². The van der Waals surface area contributed by atoms with Gasteiger partial charge in [-0.15, -0.1) is 0 Å². The van der Waals surface area contributed by atoms with Crippen LogP contribution < -0.4 is 5.32 Å². The van der Waals surface area contributed by atoms with Crippen LogP contribution in [0, 0.1) is 0 Å². The fourth-order valence-electron chi connectivity index (χ4n) is 3.87. The van der Waals surface area contributed by atoms with Gasteiger partial charge >= 0.3 is 0 Å². The van der Waals surface area contributed by atoms with Gasteiger partial charge in [0.25, 0.3) is 5.91 Å². The van der Waals surface area contributed by atoms with E-state index in [1.54, 1.807) is 30.3 Å². The molecule has 6 heteroatoms. The zero-order valence-electron chi connectivity index (χ0n) is 17.5. The maximum Gasteiger partial charge on any atom is 0.252 e. The molecule has 32 heavy (non-hydrogen) atoms. The highest BCUT2D eigenvalue weighted by Gasteiger charge is 2.23. The zero-order valence-corrected chi connectivity index (χ0v) is 18.3. The SMILES string of the molecule is CS(=O)(=O)Cc1cccc(C(=O)NC(c2ccccc2)c2c(O)ccc3ccccc23)c1. The Morgan fingerprint density at radius 2 is 1.62 bits per heavy atom. The van der Waals surface area contributed by atoms with Crippen molar-refractivity contribution >= 4 is 26.5 Å². The number of fused-ring (bicyclic) bond motifs is 1. The quantitative estimate of drug-likeness (QED) is 0.454. The van der Waals surface area contributed by atoms with Gasteiger partial charge in [-0.1, -0.05) is 72.8 Å². The first-order chi connectivity index (χ1) is 15.3. The van der Waals surface area contributed by atoms with Crippen molar-refractivity contribution in [3.8, 4) is 5.75 Å². The molecular formula is C26H23NO4S. The Bertz CT molecular complexity index is 1380. The molecule has 0 aromatic heterocycles. The summed E-state index contributed by atoms with van der Waals surface area (Å²) in [5.74, 6) is -0.411. The van der Waals surface area contributed by atoms with Gasteiger partial charge in [0.15, 0.2) is 9.84 Å². The van der Waals surface area contributed by atoms with Crippen molar-refractivity contribution in [2.24, 2.45) is 0 Å². The van der Waals surface area contributed by atoms with Crippen molar-refractivity contribution in [3.05, 3.63) is 113 Å². The van der Waals surface area contributed by atoms with Crippen LogP contribution in [-0.2, 0) is 15.6 Å². The van der Waals surface area contributed by atoms with Gasteiger partial charge in [0.1, 0.15) is 5.75 Å². The van der Waals surface area contributed by atoms with Gasteiger partial charge in [0, 0.05) is 17.4 Å². The van der Waals surface area contributed by atoms with Crippen LogP contribution in [0.4, 0.5) is 0 Å². The van der Waals surface area contributed by atoms with E-state index in [0.717, 1.165) is 22.6 Å². The Labute approximate surface area is 187 Å². The van der Waals surface area contributed by atoms with Crippen LogP contribution in [0.2, 0.25) is 0 Å². The highest BCUT2D eigenvalue weighted by molar-refractivity contribution is 7.89. The molecule has 0 aliphatic heterocycles. The summed E-state index contributed by atoms with van der Waals surface area (Å²) in [6.45, 7) is 0. The molecule has 0 aliphatic rings. The van der Waals surface area contributed by atoms with Crippen LogP contribution in [0.1, 0.15) is 33.1 Å². The lowest BCUT2D eigenvalue weighted by Gasteiger charge is -2.23. The molecule has 0 aliphatic carbocycles. The van der Waals surface area contributed by atoms with Gasteiger partial charge < -0.3 is 10.4 Å². The summed E-state index contributed by atoms with van der Waals surface area (Å²) in [4.78, 5) is 13.2. The van der Waals surface area contributed by atoms with Crippen molar-refractivity contribution in [1.82, 2.24) is 5.32 Å². The molecule has 162 valence electrons. The summed E-state index contributed by atoms with van der Waals surface area (Å²) < 4.78 is 23.3. The number of sulfone groups is 1. The Morgan fingerprint density at radius 1 is 0.906 bits per heavy atom. The minimum atomic E-state index is -3.22. The average molecular weight is 446 g/mol. The number of amides is 1. The van der Waals surface area contributed by atoms with Gasteiger partial charge in [0.2, 0.25) is 0 Å². The van der Waals surface area contributed by atoms with E-state index in [1.807, 2.05) is 60.7 Å². The van der Waals surface area contributed by atoms with Crippen molar-refractivity contribution in [2.45, 2.75) is 11.8 Å². The zero-order chi connectivity index (χ0) is 22.7. The molecule has 2 N–H and O–H groups in total. The summed E-state index contributed by atoms with van der Waals surface area (Å²) in [6, 6.07) is 26.6. The molecule has 0 bridgehead atoms. The predicted molar refractivity (Wildman–Crippen MR) is 126 cm³/mol. The molecule has 0 saturated heterocycles. The predicted octanol–water partition coefficient (Wildman–Crippen LogP) is 4.61. The molecule has 1 unspecified atom stereocenters. The third kappa shape index (κ3) is 4.81. The number of carbonyl (C=O) groups excluding carboxylic acids is 1. The van der Waals surface area contributed by atoms with E-state index in [4.69, 9.17) is 0 Å². The second kappa shape index (κ2) is 8.85. The molecule has 5 nitrogen and oxygen atoms in total. The van der Waals surface area contributed by atoms with Crippen molar-refractivity contribution in [3.63, 3.8) is 0 Å². The number of hydrogen-bond donors (Lipinski definition) is 2. The van der Waals surface area contributed by atoms with Crippen LogP contribution in [0.15, 0.2) is 91.0 Å². The second-order valence-corrected chi connectivity index (χ2v) is 9.95.